The maximum Gasteiger partial charge on any atom is 0.417 e. The summed E-state index contributed by atoms with van der Waals surface area (Å²) in [5, 5.41) is 7.39. The van der Waals surface area contributed by atoms with E-state index in [9.17, 15) is 18.0 Å². The summed E-state index contributed by atoms with van der Waals surface area (Å²) in [5.74, 6) is 0.662. The van der Waals surface area contributed by atoms with Crippen LogP contribution in [0.15, 0.2) is 18.3 Å². The number of anilines is 2. The first-order chi connectivity index (χ1) is 13.9. The first kappa shape index (κ1) is 22.4. The Morgan fingerprint density at radius 1 is 1.20 bits per heavy atom. The molecule has 1 N–H and O–H groups in total. The lowest BCUT2D eigenvalue weighted by Crippen LogP contribution is -2.39. The molecule has 0 unspecified atom stereocenters. The van der Waals surface area contributed by atoms with Gasteiger partial charge in [-0.05, 0) is 46.6 Å². The van der Waals surface area contributed by atoms with Gasteiger partial charge in [0.2, 0.25) is 5.91 Å². The van der Waals surface area contributed by atoms with Crippen LogP contribution in [0.2, 0.25) is 5.02 Å². The topological polar surface area (TPSA) is 63.1 Å². The molecule has 0 saturated carbocycles. The number of halogens is 4. The number of carbonyl (C=O) groups excluding carboxylic acids is 1. The molecule has 1 fully saturated rings. The third-order valence-corrected chi connectivity index (χ3v) is 5.31. The van der Waals surface area contributed by atoms with Crippen molar-refractivity contribution < 1.29 is 18.0 Å². The van der Waals surface area contributed by atoms with Gasteiger partial charge >= 0.3 is 6.18 Å². The third kappa shape index (κ3) is 4.88. The number of hydrogen-bond acceptors (Lipinski definition) is 4. The lowest BCUT2D eigenvalue weighted by molar-refractivity contribution is -0.137. The molecule has 3 heterocycles. The number of hydrogen-bond donors (Lipinski definition) is 1. The predicted octanol–water partition coefficient (Wildman–Crippen LogP) is 4.87. The molecule has 0 aliphatic carbocycles. The summed E-state index contributed by atoms with van der Waals surface area (Å²) in [7, 11) is 0. The van der Waals surface area contributed by atoms with Crippen LogP contribution in [-0.4, -0.2) is 33.8 Å². The number of carbonyl (C=O) groups is 1. The molecule has 10 heteroatoms. The summed E-state index contributed by atoms with van der Waals surface area (Å²) in [6.07, 6.45) is -2.60. The molecule has 2 aromatic rings. The van der Waals surface area contributed by atoms with E-state index in [4.69, 9.17) is 11.6 Å². The van der Waals surface area contributed by atoms with E-state index in [1.54, 1.807) is 4.68 Å². The van der Waals surface area contributed by atoms with Crippen LogP contribution in [0, 0.1) is 12.8 Å². The number of nitrogens with zero attached hydrogens (tertiary/aromatic N) is 4. The fourth-order valence-electron chi connectivity index (χ4n) is 3.50. The molecule has 164 valence electrons. The zero-order valence-electron chi connectivity index (χ0n) is 17.3. The molecule has 0 aromatic carbocycles. The number of pyridine rings is 1. The summed E-state index contributed by atoms with van der Waals surface area (Å²) in [6, 6.07) is 2.73. The minimum atomic E-state index is -4.49. The van der Waals surface area contributed by atoms with Crippen LogP contribution >= 0.6 is 11.6 Å². The number of amides is 1. The predicted molar refractivity (Wildman–Crippen MR) is 110 cm³/mol. The Morgan fingerprint density at radius 3 is 2.37 bits per heavy atom. The maximum absolute atomic E-state index is 12.8. The Morgan fingerprint density at radius 2 is 1.83 bits per heavy atom. The van der Waals surface area contributed by atoms with E-state index in [0.717, 1.165) is 18.0 Å². The highest BCUT2D eigenvalue weighted by Crippen LogP contribution is 2.35. The summed E-state index contributed by atoms with van der Waals surface area (Å²) >= 11 is 6.04. The molecule has 0 atom stereocenters. The van der Waals surface area contributed by atoms with Crippen molar-refractivity contribution in [3.8, 4) is 0 Å². The van der Waals surface area contributed by atoms with Crippen molar-refractivity contribution in [2.75, 3.05) is 23.3 Å². The van der Waals surface area contributed by atoms with Crippen LogP contribution in [0.25, 0.3) is 0 Å². The van der Waals surface area contributed by atoms with Crippen LogP contribution in [0.3, 0.4) is 0 Å². The lowest BCUT2D eigenvalue weighted by atomic mass is 9.96. The highest BCUT2D eigenvalue weighted by Gasteiger charge is 2.33. The molecule has 1 saturated heterocycles. The minimum Gasteiger partial charge on any atom is -0.355 e. The molecular formula is C20H25ClF3N5O. The van der Waals surface area contributed by atoms with E-state index >= 15 is 0 Å². The molecule has 2 aromatic heterocycles. The lowest BCUT2D eigenvalue weighted by Gasteiger charge is -2.33. The highest BCUT2D eigenvalue weighted by atomic mass is 35.5. The SMILES string of the molecule is Cc1cc(NC(=O)C2CCN(c3ncc(C(F)(F)F)cc3Cl)CC2)n(C(C)(C)C)n1. The number of aromatic nitrogens is 3. The van der Waals surface area contributed by atoms with E-state index in [2.05, 4.69) is 15.4 Å². The van der Waals surface area contributed by atoms with Gasteiger partial charge in [-0.15, -0.1) is 0 Å². The summed E-state index contributed by atoms with van der Waals surface area (Å²) < 4.78 is 40.2. The van der Waals surface area contributed by atoms with Crippen molar-refractivity contribution in [2.24, 2.45) is 5.92 Å². The Bertz CT molecular complexity index is 927. The number of alkyl halides is 3. The first-order valence-electron chi connectivity index (χ1n) is 9.72. The Hall–Kier alpha value is -2.29. The van der Waals surface area contributed by atoms with Crippen molar-refractivity contribution in [3.63, 3.8) is 0 Å². The van der Waals surface area contributed by atoms with Gasteiger partial charge in [0.1, 0.15) is 11.6 Å². The second-order valence-corrected chi connectivity index (χ2v) is 8.94. The van der Waals surface area contributed by atoms with Gasteiger partial charge in [0.15, 0.2) is 0 Å². The summed E-state index contributed by atoms with van der Waals surface area (Å²) in [6.45, 7) is 8.86. The second-order valence-electron chi connectivity index (χ2n) is 8.53. The van der Waals surface area contributed by atoms with Gasteiger partial charge in [-0.1, -0.05) is 11.6 Å². The van der Waals surface area contributed by atoms with Crippen LogP contribution in [0.5, 0.6) is 0 Å². The largest absolute Gasteiger partial charge is 0.417 e. The van der Waals surface area contributed by atoms with Crippen LogP contribution in [0.1, 0.15) is 44.9 Å². The molecule has 0 spiro atoms. The average molecular weight is 444 g/mol. The van der Waals surface area contributed by atoms with Gasteiger partial charge in [0, 0.05) is 31.3 Å². The van der Waals surface area contributed by atoms with Crippen molar-refractivity contribution in [3.05, 3.63) is 34.6 Å². The Kier molecular flexibility index (Phi) is 6.04. The van der Waals surface area contributed by atoms with Crippen molar-refractivity contribution in [1.82, 2.24) is 14.8 Å². The van der Waals surface area contributed by atoms with Gasteiger partial charge in [0.25, 0.3) is 0 Å². The molecule has 1 aliphatic rings. The van der Waals surface area contributed by atoms with Crippen LogP contribution < -0.4 is 10.2 Å². The van der Waals surface area contributed by atoms with Gasteiger partial charge < -0.3 is 10.2 Å². The van der Waals surface area contributed by atoms with Gasteiger partial charge in [-0.2, -0.15) is 18.3 Å². The second kappa shape index (κ2) is 8.09. The van der Waals surface area contributed by atoms with Crippen molar-refractivity contribution in [1.29, 1.82) is 0 Å². The number of piperidine rings is 1. The number of aryl methyl sites for hydroxylation is 1. The monoisotopic (exact) mass is 443 g/mol. The molecule has 1 amide bonds. The molecular weight excluding hydrogens is 419 g/mol. The average Bonchev–Trinajstić information content (AvgIpc) is 3.01. The van der Waals surface area contributed by atoms with Crippen LogP contribution in [-0.2, 0) is 16.5 Å². The molecule has 30 heavy (non-hydrogen) atoms. The molecule has 3 rings (SSSR count). The number of rotatable bonds is 3. The third-order valence-electron chi connectivity index (χ3n) is 5.03. The van der Waals surface area contributed by atoms with E-state index in [1.165, 1.54) is 0 Å². The van der Waals surface area contributed by atoms with E-state index in [1.807, 2.05) is 38.7 Å². The first-order valence-corrected chi connectivity index (χ1v) is 10.1. The van der Waals surface area contributed by atoms with Crippen LogP contribution in [0.4, 0.5) is 24.8 Å². The van der Waals surface area contributed by atoms with Gasteiger partial charge in [-0.3, -0.25) is 4.79 Å². The van der Waals surface area contributed by atoms with Gasteiger partial charge in [-0.25, -0.2) is 9.67 Å². The standard InChI is InChI=1S/C20H25ClF3N5O/c1-12-9-16(29(27-12)19(2,3)4)26-18(30)13-5-7-28(8-6-13)17-15(21)10-14(11-25-17)20(22,23)24/h9-11,13H,5-8H2,1-4H3,(H,26,30). The van der Waals surface area contributed by atoms with Crippen molar-refractivity contribution in [2.45, 2.75) is 52.3 Å². The summed E-state index contributed by atoms with van der Waals surface area (Å²) in [5.41, 5.74) is -0.333. The quantitative estimate of drug-likeness (QED) is 0.735. The van der Waals surface area contributed by atoms with Crippen molar-refractivity contribution >= 4 is 29.1 Å². The number of nitrogens with one attached hydrogen (secondary N) is 1. The zero-order valence-corrected chi connectivity index (χ0v) is 18.1. The van der Waals surface area contributed by atoms with Gasteiger partial charge in [0.05, 0.1) is 21.8 Å². The maximum atomic E-state index is 12.8. The molecule has 1 aliphatic heterocycles. The summed E-state index contributed by atoms with van der Waals surface area (Å²) in [4.78, 5) is 18.5. The molecule has 0 bridgehead atoms. The minimum absolute atomic E-state index is 0.0442. The van der Waals surface area contributed by atoms with E-state index < -0.39 is 11.7 Å². The molecule has 0 radical (unpaired) electrons. The zero-order chi connectivity index (χ0) is 22.3. The molecule has 6 nitrogen and oxygen atoms in total. The normalized spacial score (nSPS) is 16.1. The highest BCUT2D eigenvalue weighted by molar-refractivity contribution is 6.33. The van der Waals surface area contributed by atoms with E-state index in [-0.39, 0.29) is 22.4 Å². The Labute approximate surface area is 178 Å². The smallest absolute Gasteiger partial charge is 0.355 e. The fraction of sp³-hybridized carbons (Fsp3) is 0.550. The fourth-order valence-corrected chi connectivity index (χ4v) is 3.79. The Balaban J connectivity index is 1.64. The van der Waals surface area contributed by atoms with E-state index in [0.29, 0.717) is 37.6 Å².